The van der Waals surface area contributed by atoms with Crippen LogP contribution in [0.4, 0.5) is 0 Å². The Bertz CT molecular complexity index is 139. The second kappa shape index (κ2) is 2.96. The molecule has 0 aromatic rings. The highest BCUT2D eigenvalue weighted by molar-refractivity contribution is 5.74. The lowest BCUT2D eigenvalue weighted by Crippen LogP contribution is -2.40. The molecule has 1 aliphatic rings. The summed E-state index contributed by atoms with van der Waals surface area (Å²) in [5.41, 5.74) is 0. The van der Waals surface area contributed by atoms with Gasteiger partial charge in [0.05, 0.1) is 0 Å². The zero-order valence-electron chi connectivity index (χ0n) is 5.41. The van der Waals surface area contributed by atoms with Crippen molar-refractivity contribution < 1.29 is 14.7 Å². The molecule has 0 amide bonds. The lowest BCUT2D eigenvalue weighted by Gasteiger charge is -2.11. The van der Waals surface area contributed by atoms with Gasteiger partial charge in [-0.15, -0.1) is 0 Å². The largest absolute Gasteiger partial charge is 0.480 e. The van der Waals surface area contributed by atoms with E-state index in [-0.39, 0.29) is 6.10 Å². The predicted molar refractivity (Wildman–Crippen MR) is 33.1 cm³/mol. The predicted octanol–water partition coefficient (Wildman–Crippen LogP) is -1.31. The molecule has 1 fully saturated rings. The molecule has 58 valence electrons. The summed E-state index contributed by atoms with van der Waals surface area (Å²) >= 11 is 0. The summed E-state index contributed by atoms with van der Waals surface area (Å²) in [6.45, 7) is 0.652. The molecule has 1 aliphatic heterocycles. The molecule has 0 spiro atoms. The van der Waals surface area contributed by atoms with Crippen molar-refractivity contribution in [3.05, 3.63) is 0 Å². The van der Waals surface area contributed by atoms with E-state index in [4.69, 9.17) is 11.0 Å². The Morgan fingerprint density at radius 1 is 1.80 bits per heavy atom. The van der Waals surface area contributed by atoms with Crippen LogP contribution < -0.4 is 11.2 Å². The second-order valence-corrected chi connectivity index (χ2v) is 2.23. The van der Waals surface area contributed by atoms with Crippen LogP contribution in [0.25, 0.3) is 0 Å². The first kappa shape index (κ1) is 7.46. The minimum Gasteiger partial charge on any atom is -0.480 e. The first-order valence-corrected chi connectivity index (χ1v) is 3.07. The topological polar surface area (TPSA) is 84.6 Å². The van der Waals surface area contributed by atoms with Gasteiger partial charge in [0, 0.05) is 0 Å². The molecule has 0 saturated carbocycles. The highest BCUT2D eigenvalue weighted by Gasteiger charge is 2.32. The zero-order chi connectivity index (χ0) is 7.56. The molecule has 0 aliphatic carbocycles. The van der Waals surface area contributed by atoms with Crippen LogP contribution in [0.2, 0.25) is 0 Å². The van der Waals surface area contributed by atoms with E-state index in [0.717, 1.165) is 0 Å². The monoisotopic (exact) mass is 146 g/mol. The van der Waals surface area contributed by atoms with Crippen LogP contribution in [0.1, 0.15) is 6.42 Å². The van der Waals surface area contributed by atoms with E-state index >= 15 is 0 Å². The highest BCUT2D eigenvalue weighted by atomic mass is 16.6. The summed E-state index contributed by atoms with van der Waals surface area (Å²) in [5, 5.41) is 11.3. The molecule has 1 heterocycles. The minimum atomic E-state index is -0.909. The molecular weight excluding hydrogens is 136 g/mol. The van der Waals surface area contributed by atoms with Crippen molar-refractivity contribution in [1.82, 2.24) is 5.32 Å². The molecule has 0 bridgehead atoms. The van der Waals surface area contributed by atoms with Crippen LogP contribution in [0.3, 0.4) is 0 Å². The normalized spacial score (nSPS) is 32.5. The first-order chi connectivity index (χ1) is 4.75. The number of hydrogen-bond acceptors (Lipinski definition) is 4. The molecule has 5 nitrogen and oxygen atoms in total. The van der Waals surface area contributed by atoms with E-state index in [1.807, 2.05) is 0 Å². The average Bonchev–Trinajstić information content (AvgIpc) is 2.33. The summed E-state index contributed by atoms with van der Waals surface area (Å²) in [4.78, 5) is 14.8. The van der Waals surface area contributed by atoms with Crippen molar-refractivity contribution in [3.63, 3.8) is 0 Å². The molecule has 4 N–H and O–H groups in total. The van der Waals surface area contributed by atoms with Crippen LogP contribution in [0.5, 0.6) is 0 Å². The Kier molecular flexibility index (Phi) is 2.21. The van der Waals surface area contributed by atoms with Crippen molar-refractivity contribution in [2.24, 2.45) is 5.90 Å². The maximum atomic E-state index is 10.4. The quantitative estimate of drug-likeness (QED) is 0.421. The molecular formula is C5H10N2O3. The van der Waals surface area contributed by atoms with Gasteiger partial charge in [0.2, 0.25) is 0 Å². The van der Waals surface area contributed by atoms with Crippen LogP contribution in [-0.4, -0.2) is 29.8 Å². The van der Waals surface area contributed by atoms with Gasteiger partial charge in [-0.1, -0.05) is 0 Å². The maximum absolute atomic E-state index is 10.4. The van der Waals surface area contributed by atoms with Gasteiger partial charge in [-0.2, -0.15) is 0 Å². The Morgan fingerprint density at radius 2 is 2.50 bits per heavy atom. The van der Waals surface area contributed by atoms with Gasteiger partial charge < -0.3 is 10.4 Å². The lowest BCUT2D eigenvalue weighted by atomic mass is 10.2. The first-order valence-electron chi connectivity index (χ1n) is 3.07. The summed E-state index contributed by atoms with van der Waals surface area (Å²) < 4.78 is 0. The molecule has 0 aromatic heterocycles. The fourth-order valence-corrected chi connectivity index (χ4v) is 1.07. The minimum absolute atomic E-state index is 0.377. The number of carboxylic acids is 1. The fraction of sp³-hybridized carbons (Fsp3) is 0.800. The molecule has 2 unspecified atom stereocenters. The van der Waals surface area contributed by atoms with Gasteiger partial charge in [-0.3, -0.25) is 9.63 Å². The van der Waals surface area contributed by atoms with Gasteiger partial charge in [-0.05, 0) is 13.0 Å². The van der Waals surface area contributed by atoms with Gasteiger partial charge >= 0.3 is 5.97 Å². The molecule has 2 atom stereocenters. The molecule has 10 heavy (non-hydrogen) atoms. The van der Waals surface area contributed by atoms with Gasteiger partial charge in [0.1, 0.15) is 12.1 Å². The van der Waals surface area contributed by atoms with E-state index in [0.29, 0.717) is 13.0 Å². The van der Waals surface area contributed by atoms with Crippen molar-refractivity contribution in [2.45, 2.75) is 18.6 Å². The van der Waals surface area contributed by atoms with Gasteiger partial charge in [0.25, 0.3) is 0 Å². The number of nitrogens with one attached hydrogen (secondary N) is 1. The number of nitrogens with two attached hydrogens (primary N) is 1. The van der Waals surface area contributed by atoms with Crippen LogP contribution in [0, 0.1) is 0 Å². The standard InChI is InChI=1S/C5H10N2O3/c6-10-3-1-2-7-4(3)5(8)9/h3-4,7H,1-2,6H2,(H,8,9). The Morgan fingerprint density at radius 3 is 2.90 bits per heavy atom. The van der Waals surface area contributed by atoms with E-state index in [9.17, 15) is 4.79 Å². The van der Waals surface area contributed by atoms with E-state index in [2.05, 4.69) is 10.2 Å². The van der Waals surface area contributed by atoms with Crippen molar-refractivity contribution in [1.29, 1.82) is 0 Å². The third-order valence-electron chi connectivity index (χ3n) is 1.61. The second-order valence-electron chi connectivity index (χ2n) is 2.23. The molecule has 0 radical (unpaired) electrons. The molecule has 0 aromatic carbocycles. The number of aliphatic carboxylic acids is 1. The highest BCUT2D eigenvalue weighted by Crippen LogP contribution is 2.08. The van der Waals surface area contributed by atoms with E-state index in [1.165, 1.54) is 0 Å². The lowest BCUT2D eigenvalue weighted by molar-refractivity contribution is -0.142. The maximum Gasteiger partial charge on any atom is 0.323 e. The Hall–Kier alpha value is -0.650. The fourth-order valence-electron chi connectivity index (χ4n) is 1.07. The smallest absolute Gasteiger partial charge is 0.323 e. The zero-order valence-corrected chi connectivity index (χ0v) is 5.41. The third kappa shape index (κ3) is 1.26. The van der Waals surface area contributed by atoms with E-state index < -0.39 is 12.0 Å². The summed E-state index contributed by atoms with van der Waals surface area (Å²) in [7, 11) is 0. The van der Waals surface area contributed by atoms with Crippen LogP contribution >= 0.6 is 0 Å². The summed E-state index contributed by atoms with van der Waals surface area (Å²) in [6.07, 6.45) is 0.283. The van der Waals surface area contributed by atoms with E-state index in [1.54, 1.807) is 0 Å². The number of hydrogen-bond donors (Lipinski definition) is 3. The van der Waals surface area contributed by atoms with Gasteiger partial charge in [0.15, 0.2) is 0 Å². The average molecular weight is 146 g/mol. The summed E-state index contributed by atoms with van der Waals surface area (Å²) in [6, 6.07) is -0.634. The SMILES string of the molecule is NOC1CCNC1C(=O)O. The van der Waals surface area contributed by atoms with Crippen LogP contribution in [-0.2, 0) is 9.63 Å². The third-order valence-corrected chi connectivity index (χ3v) is 1.61. The number of carboxylic acid groups (broad SMARTS) is 1. The van der Waals surface area contributed by atoms with Crippen molar-refractivity contribution in [2.75, 3.05) is 6.54 Å². The molecule has 1 saturated heterocycles. The summed E-state index contributed by atoms with van der Waals surface area (Å²) in [5.74, 6) is 3.95. The Labute approximate surface area is 58.1 Å². The van der Waals surface area contributed by atoms with Crippen molar-refractivity contribution >= 4 is 5.97 Å². The van der Waals surface area contributed by atoms with Crippen molar-refractivity contribution in [3.8, 4) is 0 Å². The Balaban J connectivity index is 2.50. The molecule has 1 rings (SSSR count). The van der Waals surface area contributed by atoms with Gasteiger partial charge in [-0.25, -0.2) is 5.90 Å². The molecule has 5 heteroatoms. The number of rotatable bonds is 2. The number of carbonyl (C=O) groups is 1. The van der Waals surface area contributed by atoms with Crippen LogP contribution in [0.15, 0.2) is 0 Å².